The van der Waals surface area contributed by atoms with Crippen molar-refractivity contribution in [2.24, 2.45) is 0 Å². The summed E-state index contributed by atoms with van der Waals surface area (Å²) < 4.78 is 0. The van der Waals surface area contributed by atoms with Gasteiger partial charge in [-0.1, -0.05) is 6.07 Å². The number of thiophene rings is 1. The van der Waals surface area contributed by atoms with Crippen LogP contribution in [0.4, 0.5) is 5.82 Å². The molecule has 1 aliphatic heterocycles. The summed E-state index contributed by atoms with van der Waals surface area (Å²) in [5.41, 5.74) is 1.73. The maximum atomic E-state index is 12.7. The van der Waals surface area contributed by atoms with Crippen LogP contribution in [0.15, 0.2) is 29.6 Å². The van der Waals surface area contributed by atoms with Crippen molar-refractivity contribution in [2.75, 3.05) is 31.1 Å². The molecule has 1 aliphatic rings. The molecule has 134 valence electrons. The molecule has 0 unspecified atom stereocenters. The fourth-order valence-electron chi connectivity index (χ4n) is 3.06. The lowest BCUT2D eigenvalue weighted by atomic mass is 10.2. The van der Waals surface area contributed by atoms with E-state index in [1.165, 1.54) is 11.3 Å². The van der Waals surface area contributed by atoms with Crippen molar-refractivity contribution in [1.29, 1.82) is 0 Å². The molecule has 1 saturated heterocycles. The van der Waals surface area contributed by atoms with Gasteiger partial charge in [0.15, 0.2) is 5.82 Å². The highest BCUT2D eigenvalue weighted by molar-refractivity contribution is 7.13. The zero-order chi connectivity index (χ0) is 18.1. The zero-order valence-electron chi connectivity index (χ0n) is 14.7. The van der Waals surface area contributed by atoms with Gasteiger partial charge in [-0.2, -0.15) is 0 Å². The predicted molar refractivity (Wildman–Crippen MR) is 105 cm³/mol. The maximum Gasteiger partial charge on any atom is 0.265 e. The molecule has 0 bridgehead atoms. The summed E-state index contributed by atoms with van der Waals surface area (Å²) in [6.45, 7) is 6.72. The van der Waals surface area contributed by atoms with Crippen LogP contribution in [-0.4, -0.2) is 52.2 Å². The third-order valence-electron chi connectivity index (χ3n) is 4.41. The minimum absolute atomic E-state index is 0.0897. The molecule has 8 heteroatoms. The zero-order valence-corrected chi connectivity index (χ0v) is 16.3. The van der Waals surface area contributed by atoms with E-state index >= 15 is 0 Å². The number of aryl methyl sites for hydroxylation is 2. The highest BCUT2D eigenvalue weighted by Gasteiger charge is 2.25. The SMILES string of the molecule is Cc1nc(C)c(C(=O)N2CCN(c3ccc(-c4cccs4)nn3)CC2)s1. The number of hydrogen-bond acceptors (Lipinski definition) is 7. The molecule has 3 aromatic rings. The molecule has 1 amide bonds. The number of rotatable bonds is 3. The number of amides is 1. The number of piperazine rings is 1. The van der Waals surface area contributed by atoms with E-state index in [0.717, 1.165) is 45.1 Å². The van der Waals surface area contributed by atoms with E-state index in [4.69, 9.17) is 0 Å². The number of aromatic nitrogens is 3. The van der Waals surface area contributed by atoms with Crippen LogP contribution in [-0.2, 0) is 0 Å². The molecular formula is C18H19N5OS2. The number of anilines is 1. The van der Waals surface area contributed by atoms with Crippen molar-refractivity contribution in [1.82, 2.24) is 20.1 Å². The third-order valence-corrected chi connectivity index (χ3v) is 6.37. The van der Waals surface area contributed by atoms with E-state index in [9.17, 15) is 4.79 Å². The molecule has 0 aromatic carbocycles. The Bertz CT molecular complexity index is 896. The summed E-state index contributed by atoms with van der Waals surface area (Å²) in [4.78, 5) is 23.0. The first kappa shape index (κ1) is 17.1. The van der Waals surface area contributed by atoms with Gasteiger partial charge in [-0.25, -0.2) is 4.98 Å². The number of carbonyl (C=O) groups excluding carboxylic acids is 1. The van der Waals surface area contributed by atoms with Gasteiger partial charge in [0.1, 0.15) is 10.6 Å². The molecule has 4 rings (SSSR count). The Morgan fingerprint density at radius 1 is 1.08 bits per heavy atom. The second kappa shape index (κ2) is 7.13. The Hall–Kier alpha value is -2.32. The lowest BCUT2D eigenvalue weighted by molar-refractivity contribution is 0.0750. The monoisotopic (exact) mass is 385 g/mol. The molecule has 3 aromatic heterocycles. The first-order chi connectivity index (χ1) is 12.6. The van der Waals surface area contributed by atoms with Gasteiger partial charge in [0.25, 0.3) is 5.91 Å². The molecule has 0 spiro atoms. The fourth-order valence-corrected chi connectivity index (χ4v) is 4.64. The Kier molecular flexibility index (Phi) is 4.69. The Morgan fingerprint density at radius 3 is 2.46 bits per heavy atom. The predicted octanol–water partition coefficient (Wildman–Crippen LogP) is 3.24. The summed E-state index contributed by atoms with van der Waals surface area (Å²) in [5.74, 6) is 0.953. The van der Waals surface area contributed by atoms with Crippen molar-refractivity contribution in [3.8, 4) is 10.6 Å². The second-order valence-corrected chi connectivity index (χ2v) is 8.33. The van der Waals surface area contributed by atoms with Crippen LogP contribution in [0.5, 0.6) is 0 Å². The average Bonchev–Trinajstić information content (AvgIpc) is 3.31. The summed E-state index contributed by atoms with van der Waals surface area (Å²) in [7, 11) is 0. The second-order valence-electron chi connectivity index (χ2n) is 6.18. The van der Waals surface area contributed by atoms with Gasteiger partial charge in [0.05, 0.1) is 15.6 Å². The Labute approximate surface area is 160 Å². The minimum Gasteiger partial charge on any atom is -0.352 e. The molecular weight excluding hydrogens is 366 g/mol. The Balaban J connectivity index is 1.40. The van der Waals surface area contributed by atoms with Crippen molar-refractivity contribution >= 4 is 34.4 Å². The van der Waals surface area contributed by atoms with E-state index < -0.39 is 0 Å². The number of hydrogen-bond donors (Lipinski definition) is 0. The van der Waals surface area contributed by atoms with Gasteiger partial charge < -0.3 is 9.80 Å². The summed E-state index contributed by atoms with van der Waals surface area (Å²) >= 11 is 3.13. The normalized spacial score (nSPS) is 14.7. The van der Waals surface area contributed by atoms with Gasteiger partial charge in [-0.15, -0.1) is 32.9 Å². The van der Waals surface area contributed by atoms with Crippen LogP contribution in [0.25, 0.3) is 10.6 Å². The molecule has 0 aliphatic carbocycles. The molecule has 6 nitrogen and oxygen atoms in total. The molecule has 4 heterocycles. The first-order valence-corrected chi connectivity index (χ1v) is 10.2. The van der Waals surface area contributed by atoms with Gasteiger partial charge in [0, 0.05) is 26.2 Å². The standard InChI is InChI=1S/C18H19N5OS2/c1-12-17(26-13(2)19-12)18(24)23-9-7-22(8-10-23)16-6-5-14(20-21-16)15-4-3-11-25-15/h3-6,11H,7-10H2,1-2H3. The summed E-state index contributed by atoms with van der Waals surface area (Å²) in [6.07, 6.45) is 0. The van der Waals surface area contributed by atoms with E-state index in [1.54, 1.807) is 11.3 Å². The van der Waals surface area contributed by atoms with Crippen LogP contribution in [0, 0.1) is 13.8 Å². The summed E-state index contributed by atoms with van der Waals surface area (Å²) in [5, 5.41) is 11.7. The topological polar surface area (TPSA) is 62.2 Å². The number of carbonyl (C=O) groups is 1. The average molecular weight is 386 g/mol. The summed E-state index contributed by atoms with van der Waals surface area (Å²) in [6, 6.07) is 8.07. The molecule has 0 N–H and O–H groups in total. The van der Waals surface area contributed by atoms with Gasteiger partial charge >= 0.3 is 0 Å². The van der Waals surface area contributed by atoms with Crippen LogP contribution in [0.1, 0.15) is 20.4 Å². The first-order valence-electron chi connectivity index (χ1n) is 8.47. The van der Waals surface area contributed by atoms with Crippen molar-refractivity contribution in [3.05, 3.63) is 45.2 Å². The molecule has 26 heavy (non-hydrogen) atoms. The van der Waals surface area contributed by atoms with Crippen LogP contribution in [0.2, 0.25) is 0 Å². The van der Waals surface area contributed by atoms with Crippen molar-refractivity contribution in [2.45, 2.75) is 13.8 Å². The van der Waals surface area contributed by atoms with E-state index in [0.29, 0.717) is 13.1 Å². The van der Waals surface area contributed by atoms with E-state index in [2.05, 4.69) is 20.1 Å². The lowest BCUT2D eigenvalue weighted by Crippen LogP contribution is -2.49. The molecule has 0 saturated carbocycles. The van der Waals surface area contributed by atoms with Gasteiger partial charge in [0.2, 0.25) is 0 Å². The minimum atomic E-state index is 0.0897. The smallest absolute Gasteiger partial charge is 0.265 e. The highest BCUT2D eigenvalue weighted by atomic mass is 32.1. The Morgan fingerprint density at radius 2 is 1.88 bits per heavy atom. The van der Waals surface area contributed by atoms with Crippen LogP contribution < -0.4 is 4.90 Å². The molecule has 0 atom stereocenters. The molecule has 0 radical (unpaired) electrons. The largest absolute Gasteiger partial charge is 0.352 e. The number of nitrogens with zero attached hydrogens (tertiary/aromatic N) is 5. The third kappa shape index (κ3) is 3.34. The quantitative estimate of drug-likeness (QED) is 0.693. The van der Waals surface area contributed by atoms with Crippen molar-refractivity contribution < 1.29 is 4.79 Å². The lowest BCUT2D eigenvalue weighted by Gasteiger charge is -2.35. The van der Waals surface area contributed by atoms with Gasteiger partial charge in [-0.3, -0.25) is 4.79 Å². The highest BCUT2D eigenvalue weighted by Crippen LogP contribution is 2.24. The van der Waals surface area contributed by atoms with Gasteiger partial charge in [-0.05, 0) is 37.4 Å². The van der Waals surface area contributed by atoms with E-state index in [-0.39, 0.29) is 5.91 Å². The maximum absolute atomic E-state index is 12.7. The van der Waals surface area contributed by atoms with Crippen LogP contribution >= 0.6 is 22.7 Å². The number of thiazole rings is 1. The van der Waals surface area contributed by atoms with Crippen molar-refractivity contribution in [3.63, 3.8) is 0 Å². The van der Waals surface area contributed by atoms with Crippen LogP contribution in [0.3, 0.4) is 0 Å². The fraction of sp³-hybridized carbons (Fsp3) is 0.333. The molecule has 1 fully saturated rings. The van der Waals surface area contributed by atoms with E-state index in [1.807, 2.05) is 48.4 Å².